The molecule has 0 amide bonds. The van der Waals surface area contributed by atoms with E-state index in [-0.39, 0.29) is 47.9 Å². The number of carbonyl (C=O) groups excluding carboxylic acids is 1. The number of ketones is 1. The van der Waals surface area contributed by atoms with E-state index < -0.39 is 0 Å². The van der Waals surface area contributed by atoms with Crippen molar-refractivity contribution in [2.75, 3.05) is 0 Å². The molecule has 0 bridgehead atoms. The van der Waals surface area contributed by atoms with Crippen molar-refractivity contribution < 1.29 is 34.4 Å². The van der Waals surface area contributed by atoms with Crippen LogP contribution in [0.2, 0.25) is 0 Å². The molecule has 0 unspecified atom stereocenters. The van der Waals surface area contributed by atoms with Crippen molar-refractivity contribution in [1.29, 1.82) is 0 Å². The maximum absolute atomic E-state index is 12.2. The first-order chi connectivity index (χ1) is 22.3. The summed E-state index contributed by atoms with van der Waals surface area (Å²) in [6, 6.07) is 20.7. The molecule has 0 spiro atoms. The second-order valence-electron chi connectivity index (χ2n) is 14.1. The van der Waals surface area contributed by atoms with Gasteiger partial charge in [-0.3, -0.25) is 9.78 Å². The Labute approximate surface area is 302 Å². The number of nitrogens with zero attached hydrogens (tertiary/aromatic N) is 2. The molecule has 48 heavy (non-hydrogen) atoms. The molecule has 6 aromatic rings. The fraction of sp³-hybridized carbons (Fsp3) is 0.390. The van der Waals surface area contributed by atoms with Gasteiger partial charge in [-0.25, -0.2) is 4.98 Å². The van der Waals surface area contributed by atoms with E-state index in [0.29, 0.717) is 5.71 Å². The molecule has 0 aliphatic heterocycles. The van der Waals surface area contributed by atoms with Crippen LogP contribution in [-0.4, -0.2) is 20.9 Å². The monoisotopic (exact) mass is 840 g/mol. The Bertz CT molecular complexity index is 2090. The summed E-state index contributed by atoms with van der Waals surface area (Å²) >= 11 is 1.72. The number of carbonyl (C=O) groups is 1. The summed E-state index contributed by atoms with van der Waals surface area (Å²) in [6.45, 7) is 18.8. The molecule has 0 saturated heterocycles. The third-order valence-electron chi connectivity index (χ3n) is 10.3. The second-order valence-corrected chi connectivity index (χ2v) is 15.0. The molecule has 3 heterocycles. The van der Waals surface area contributed by atoms with Gasteiger partial charge >= 0.3 is 0 Å². The molecule has 5 nitrogen and oxygen atoms in total. The summed E-state index contributed by atoms with van der Waals surface area (Å²) in [6.07, 6.45) is 6.34. The maximum Gasteiger partial charge on any atom is 0.223 e. The number of benzene rings is 3. The van der Waals surface area contributed by atoms with Gasteiger partial charge in [-0.2, -0.15) is 0 Å². The van der Waals surface area contributed by atoms with Gasteiger partial charge in [0.05, 0.1) is 0 Å². The van der Waals surface area contributed by atoms with Crippen LogP contribution in [0.3, 0.4) is 0 Å². The zero-order chi connectivity index (χ0) is 34.1. The largest absolute Gasteiger partial charge is 0.512 e. The first-order valence-electron chi connectivity index (χ1n) is 16.7. The van der Waals surface area contributed by atoms with E-state index in [9.17, 15) is 9.90 Å². The van der Waals surface area contributed by atoms with Crippen LogP contribution in [0.15, 0.2) is 76.5 Å². The van der Waals surface area contributed by atoms with Gasteiger partial charge < -0.3 is 9.52 Å². The van der Waals surface area contributed by atoms with Gasteiger partial charge in [0.25, 0.3) is 0 Å². The Kier molecular flexibility index (Phi) is 11.4. The van der Waals surface area contributed by atoms with E-state index in [0.717, 1.165) is 64.1 Å². The predicted octanol–water partition coefficient (Wildman–Crippen LogP) is 12.2. The summed E-state index contributed by atoms with van der Waals surface area (Å²) in [4.78, 5) is 21.3. The third kappa shape index (κ3) is 7.01. The van der Waals surface area contributed by atoms with E-state index in [1.54, 1.807) is 17.7 Å². The number of allylic oxidation sites excluding steroid dienone is 2. The minimum absolute atomic E-state index is 0. The van der Waals surface area contributed by atoms with Crippen molar-refractivity contribution in [1.82, 2.24) is 9.97 Å². The first-order valence-corrected chi connectivity index (χ1v) is 17.6. The van der Waals surface area contributed by atoms with Crippen molar-refractivity contribution in [2.24, 2.45) is 10.8 Å². The second kappa shape index (κ2) is 14.6. The van der Waals surface area contributed by atoms with Crippen molar-refractivity contribution in [3.63, 3.8) is 0 Å². The van der Waals surface area contributed by atoms with Gasteiger partial charge in [0.1, 0.15) is 17.7 Å². The van der Waals surface area contributed by atoms with Crippen LogP contribution >= 0.6 is 11.3 Å². The van der Waals surface area contributed by atoms with Crippen molar-refractivity contribution in [2.45, 2.75) is 93.4 Å². The van der Waals surface area contributed by atoms with Gasteiger partial charge in [0.15, 0.2) is 5.78 Å². The number of hydrogen-bond acceptors (Lipinski definition) is 6. The summed E-state index contributed by atoms with van der Waals surface area (Å²) in [7, 11) is 0. The molecule has 0 aliphatic rings. The van der Waals surface area contributed by atoms with E-state index >= 15 is 0 Å². The Morgan fingerprint density at radius 3 is 2.19 bits per heavy atom. The van der Waals surface area contributed by atoms with E-state index in [1.165, 1.54) is 21.7 Å². The smallest absolute Gasteiger partial charge is 0.223 e. The number of aliphatic hydroxyl groups excluding tert-OH is 1. The number of thiophene rings is 1. The predicted molar refractivity (Wildman–Crippen MR) is 198 cm³/mol. The molecular weight excluding hydrogens is 793 g/mol. The Morgan fingerprint density at radius 1 is 0.875 bits per heavy atom. The van der Waals surface area contributed by atoms with Crippen molar-refractivity contribution in [3.05, 3.63) is 83.7 Å². The fourth-order valence-corrected chi connectivity index (χ4v) is 6.76. The van der Waals surface area contributed by atoms with Crippen LogP contribution in [0.1, 0.15) is 93.6 Å². The van der Waals surface area contributed by atoms with Crippen LogP contribution in [0, 0.1) is 16.9 Å². The SMILES string of the molecule is CC(C)(C)c1cc(-c2ncnc3oc4c5ccsc5ccc4c23)[c-]c2ccccc12.CCC(C)(CC)C(=O)/C=C(\O)C(C)(CC)CC.[Ir]. The first kappa shape index (κ1) is 37.4. The third-order valence-corrected chi connectivity index (χ3v) is 11.2. The molecule has 0 atom stereocenters. The minimum Gasteiger partial charge on any atom is -0.512 e. The molecule has 1 N–H and O–H groups in total. The summed E-state index contributed by atoms with van der Waals surface area (Å²) in [5.74, 6) is 0.286. The molecule has 0 aliphatic carbocycles. The van der Waals surface area contributed by atoms with Crippen LogP contribution in [-0.2, 0) is 30.3 Å². The van der Waals surface area contributed by atoms with Crippen molar-refractivity contribution >= 4 is 60.0 Å². The summed E-state index contributed by atoms with van der Waals surface area (Å²) in [5, 5.41) is 17.7. The van der Waals surface area contributed by atoms with Gasteiger partial charge in [-0.1, -0.05) is 91.5 Å². The number of hydrogen-bond donors (Lipinski definition) is 1. The van der Waals surface area contributed by atoms with E-state index in [1.807, 2.05) is 41.5 Å². The number of fused-ring (bicyclic) bond motifs is 6. The van der Waals surface area contributed by atoms with Gasteiger partial charge in [-0.15, -0.1) is 40.5 Å². The Hall–Kier alpha value is -3.38. The van der Waals surface area contributed by atoms with Gasteiger partial charge in [-0.05, 0) is 54.7 Å². The molecule has 7 heteroatoms. The number of rotatable bonds is 8. The maximum atomic E-state index is 12.2. The molecule has 0 saturated carbocycles. The Morgan fingerprint density at radius 2 is 1.54 bits per heavy atom. The minimum atomic E-state index is -0.337. The average molecular weight is 840 g/mol. The summed E-state index contributed by atoms with van der Waals surface area (Å²) in [5.41, 5.74) is 4.01. The topological polar surface area (TPSA) is 76.2 Å². The molecule has 3 aromatic carbocycles. The fourth-order valence-electron chi connectivity index (χ4n) is 5.98. The summed E-state index contributed by atoms with van der Waals surface area (Å²) < 4.78 is 7.42. The molecule has 1 radical (unpaired) electrons. The molecule has 0 fully saturated rings. The van der Waals surface area contributed by atoms with E-state index in [2.05, 4.69) is 85.7 Å². The number of aliphatic hydroxyl groups is 1. The quantitative estimate of drug-likeness (QED) is 0.0938. The van der Waals surface area contributed by atoms with Crippen LogP contribution in [0.4, 0.5) is 0 Å². The molecule has 3 aromatic heterocycles. The standard InChI is InChI=1S/C26H19N2OS.C15H28O2.Ir/c1-26(2,3)20-13-16(12-15-6-4-5-7-17(15)20)23-22-19-8-9-21-18(10-11-30-21)24(19)29-25(22)28-14-27-23;1-7-14(5,8-2)12(16)11-13(17)15(6,9-3)10-4;/h4-11,13-14H,1-3H3;11,16H,7-10H2,1-6H3;/q-1;;/b;12-11-;. The zero-order valence-electron chi connectivity index (χ0n) is 29.6. The van der Waals surface area contributed by atoms with E-state index in [4.69, 9.17) is 9.40 Å². The van der Waals surface area contributed by atoms with Crippen LogP contribution in [0.5, 0.6) is 0 Å². The van der Waals surface area contributed by atoms with Gasteiger partial charge in [0, 0.05) is 63.6 Å². The normalized spacial score (nSPS) is 12.7. The van der Waals surface area contributed by atoms with Crippen molar-refractivity contribution in [3.8, 4) is 11.3 Å². The Balaban J connectivity index is 0.000000251. The number of furan rings is 1. The molecule has 6 rings (SSSR count). The van der Waals surface area contributed by atoms with Gasteiger partial charge in [0.2, 0.25) is 5.71 Å². The van der Waals surface area contributed by atoms with Crippen LogP contribution < -0.4 is 0 Å². The zero-order valence-corrected chi connectivity index (χ0v) is 32.8. The molecular formula is C41H47IrN2O3S-. The molecule has 255 valence electrons. The average Bonchev–Trinajstić information content (AvgIpc) is 3.71. The number of aromatic nitrogens is 2. The van der Waals surface area contributed by atoms with Crippen LogP contribution in [0.25, 0.3) is 54.2 Å².